The summed E-state index contributed by atoms with van der Waals surface area (Å²) in [6.45, 7) is 23.6. The summed E-state index contributed by atoms with van der Waals surface area (Å²) in [5, 5.41) is 28.0. The van der Waals surface area contributed by atoms with Gasteiger partial charge in [-0.05, 0) is 63.8 Å². The molecule has 2 saturated heterocycles. The highest BCUT2D eigenvalue weighted by molar-refractivity contribution is 5.89. The summed E-state index contributed by atoms with van der Waals surface area (Å²) in [5.74, 6) is -3.85. The van der Waals surface area contributed by atoms with Crippen LogP contribution in [0.1, 0.15) is 106 Å². The molecule has 0 spiro atoms. The molecule has 4 fully saturated rings. The lowest BCUT2D eigenvalue weighted by molar-refractivity contribution is -0.403. The number of rotatable bonds is 10. The van der Waals surface area contributed by atoms with E-state index in [1.807, 2.05) is 48.5 Å². The maximum absolute atomic E-state index is 14.4. The van der Waals surface area contributed by atoms with Gasteiger partial charge in [-0.2, -0.15) is 0 Å². The molecule has 3 aliphatic carbocycles. The molecule has 2 bridgehead atoms. The first-order chi connectivity index (χ1) is 27.4. The van der Waals surface area contributed by atoms with Crippen LogP contribution in [0, 0.1) is 28.6 Å². The number of carbonyl (C=O) groups excluding carboxylic acids is 4. The molecule has 2 saturated carbocycles. The number of esters is 3. The number of aliphatic hydroxyl groups is 2. The Balaban J connectivity index is 1.51. The largest absolute Gasteiger partial charge is 0.456 e. The number of hydrogen-bond donors (Lipinski definition) is 3. The van der Waals surface area contributed by atoms with E-state index < -0.39 is 112 Å². The molecule has 14 nitrogen and oxygen atoms in total. The van der Waals surface area contributed by atoms with E-state index in [0.717, 1.165) is 0 Å². The SMILES string of the molecule is C=C[C@@H]1O[C@H]2C[C@H]3OC[C@@]3(OC(C)=O)[C@H]3[C@H](OC(=O)c4ccccc4)[C@]4(O)C[C@H](OC(=O)[C@@H](O)[C@H](CC(C)C)NC(=O)OC(C)(C)C)C(C)=C([C@H](C)[C@H](O1)[C@]23C)C4(C)C. The van der Waals surface area contributed by atoms with E-state index in [1.54, 1.807) is 57.2 Å². The second-order valence-corrected chi connectivity index (χ2v) is 19.3. The Labute approximate surface area is 347 Å². The third-order valence-corrected chi connectivity index (χ3v) is 13.5. The third kappa shape index (κ3) is 7.73. The minimum atomic E-state index is -2.02. The summed E-state index contributed by atoms with van der Waals surface area (Å²) >= 11 is 0. The summed E-state index contributed by atoms with van der Waals surface area (Å²) in [5.41, 5.74) is -4.96. The Bertz CT molecular complexity index is 1840. The standard InChI is InChI=1S/C45H63NO13/c1-13-32-55-30-20-31-44(22-53-31,58-26(6)47)35-37(57-38(49)27-17-15-14-16-18-27)45(52)21-29(24(4)33(42(45,10)11)25(5)36(56-32)43(30,35)12)54-39(50)34(48)28(19-23(2)3)46-40(51)59-41(7,8)9/h13-18,23,25,28-32,34-37,48,52H,1,19-22H2,2-12H3,(H,46,51)/t25-,28-,29-,30-,31+,32+,34-,35-,36-,37-,43+,44-,45+/m0/s1. The first-order valence-corrected chi connectivity index (χ1v) is 20.7. The summed E-state index contributed by atoms with van der Waals surface area (Å²) in [6, 6.07) is 7.32. The third-order valence-electron chi connectivity index (χ3n) is 13.5. The molecular formula is C45H63NO13. The van der Waals surface area contributed by atoms with Crippen molar-refractivity contribution >= 4 is 24.0 Å². The zero-order valence-corrected chi connectivity index (χ0v) is 36.2. The summed E-state index contributed by atoms with van der Waals surface area (Å²) in [6.07, 6.45) is -6.18. The van der Waals surface area contributed by atoms with Gasteiger partial charge in [-0.3, -0.25) is 4.79 Å². The summed E-state index contributed by atoms with van der Waals surface area (Å²) in [4.78, 5) is 54.5. The number of nitrogens with one attached hydrogen (secondary N) is 1. The monoisotopic (exact) mass is 825 g/mol. The Morgan fingerprint density at radius 2 is 1.71 bits per heavy atom. The topological polar surface area (TPSA) is 185 Å². The molecule has 1 aromatic rings. The molecule has 59 heavy (non-hydrogen) atoms. The zero-order valence-electron chi connectivity index (χ0n) is 36.2. The Hall–Kier alpha value is -3.82. The van der Waals surface area contributed by atoms with Crippen molar-refractivity contribution in [2.24, 2.45) is 28.6 Å². The second-order valence-electron chi connectivity index (χ2n) is 19.3. The molecule has 3 N–H and O–H groups in total. The first kappa shape index (κ1) is 44.7. The molecule has 6 rings (SSSR count). The van der Waals surface area contributed by atoms with Gasteiger partial charge in [0.1, 0.15) is 29.5 Å². The number of benzene rings is 1. The van der Waals surface area contributed by atoms with Gasteiger partial charge in [0.2, 0.25) is 0 Å². The molecule has 326 valence electrons. The normalized spacial score (nSPS) is 36.8. The van der Waals surface area contributed by atoms with Gasteiger partial charge in [0.25, 0.3) is 0 Å². The molecule has 0 unspecified atom stereocenters. The number of hydrogen-bond acceptors (Lipinski definition) is 13. The van der Waals surface area contributed by atoms with E-state index in [-0.39, 0.29) is 30.9 Å². The van der Waals surface area contributed by atoms with E-state index in [4.69, 9.17) is 33.2 Å². The van der Waals surface area contributed by atoms with Crippen LogP contribution >= 0.6 is 0 Å². The molecule has 13 atom stereocenters. The predicted octanol–water partition coefficient (Wildman–Crippen LogP) is 5.57. The zero-order chi connectivity index (χ0) is 43.6. The van der Waals surface area contributed by atoms with Gasteiger partial charge in [-0.25, -0.2) is 14.4 Å². The van der Waals surface area contributed by atoms with Crippen molar-refractivity contribution < 1.29 is 62.5 Å². The van der Waals surface area contributed by atoms with E-state index in [2.05, 4.69) is 11.9 Å². The summed E-state index contributed by atoms with van der Waals surface area (Å²) in [7, 11) is 0. The van der Waals surface area contributed by atoms with Crippen molar-refractivity contribution in [2.45, 2.75) is 161 Å². The van der Waals surface area contributed by atoms with Gasteiger partial charge in [0.15, 0.2) is 18.0 Å². The Morgan fingerprint density at radius 3 is 2.27 bits per heavy atom. The van der Waals surface area contributed by atoms with Crippen LogP contribution < -0.4 is 5.32 Å². The predicted molar refractivity (Wildman–Crippen MR) is 214 cm³/mol. The van der Waals surface area contributed by atoms with Crippen LogP contribution in [0.5, 0.6) is 0 Å². The smallest absolute Gasteiger partial charge is 0.407 e. The van der Waals surface area contributed by atoms with Gasteiger partial charge in [-0.1, -0.05) is 71.9 Å². The van der Waals surface area contributed by atoms with Gasteiger partial charge >= 0.3 is 24.0 Å². The Morgan fingerprint density at radius 1 is 1.05 bits per heavy atom. The lowest BCUT2D eigenvalue weighted by Crippen LogP contribution is -2.83. The second kappa shape index (κ2) is 15.9. The highest BCUT2D eigenvalue weighted by Gasteiger charge is 2.79. The van der Waals surface area contributed by atoms with E-state index in [1.165, 1.54) is 6.92 Å². The molecular weight excluding hydrogens is 762 g/mol. The maximum atomic E-state index is 14.4. The number of alkyl carbamates (subject to hydrolysis) is 1. The quantitative estimate of drug-likeness (QED) is 0.151. The van der Waals surface area contributed by atoms with Crippen molar-refractivity contribution in [3.63, 3.8) is 0 Å². The van der Waals surface area contributed by atoms with E-state index in [0.29, 0.717) is 17.6 Å². The van der Waals surface area contributed by atoms with Gasteiger partial charge in [0, 0.05) is 36.5 Å². The highest BCUT2D eigenvalue weighted by atomic mass is 16.7. The van der Waals surface area contributed by atoms with Crippen molar-refractivity contribution in [1.29, 1.82) is 0 Å². The minimum Gasteiger partial charge on any atom is -0.456 e. The summed E-state index contributed by atoms with van der Waals surface area (Å²) < 4.78 is 44.1. The number of fused-ring (bicyclic) bond motifs is 4. The van der Waals surface area contributed by atoms with Crippen LogP contribution in [0.25, 0.3) is 0 Å². The fourth-order valence-corrected chi connectivity index (χ4v) is 11.0. The van der Waals surface area contributed by atoms with Crippen LogP contribution in [0.2, 0.25) is 0 Å². The van der Waals surface area contributed by atoms with Crippen molar-refractivity contribution in [3.05, 3.63) is 59.7 Å². The van der Waals surface area contributed by atoms with Crippen molar-refractivity contribution in [1.82, 2.24) is 5.32 Å². The lowest BCUT2D eigenvalue weighted by Gasteiger charge is -2.71. The fourth-order valence-electron chi connectivity index (χ4n) is 11.0. The molecule has 0 radical (unpaired) electrons. The van der Waals surface area contributed by atoms with Gasteiger partial charge < -0.3 is 48.7 Å². The molecule has 2 aliphatic heterocycles. The van der Waals surface area contributed by atoms with Crippen LogP contribution in [0.4, 0.5) is 4.79 Å². The molecule has 5 aliphatic rings. The minimum absolute atomic E-state index is 0.0405. The maximum Gasteiger partial charge on any atom is 0.407 e. The van der Waals surface area contributed by atoms with Crippen LogP contribution in [0.15, 0.2) is 54.1 Å². The van der Waals surface area contributed by atoms with Gasteiger partial charge in [-0.15, -0.1) is 0 Å². The first-order valence-electron chi connectivity index (χ1n) is 20.7. The molecule has 0 aromatic heterocycles. The average molecular weight is 826 g/mol. The Kier molecular flexibility index (Phi) is 12.1. The van der Waals surface area contributed by atoms with Crippen LogP contribution in [0.3, 0.4) is 0 Å². The van der Waals surface area contributed by atoms with Gasteiger partial charge in [0.05, 0.1) is 36.3 Å². The molecule has 1 aromatic carbocycles. The molecule has 2 heterocycles. The molecule has 14 heteroatoms. The van der Waals surface area contributed by atoms with Crippen molar-refractivity contribution in [3.8, 4) is 0 Å². The van der Waals surface area contributed by atoms with Crippen LogP contribution in [-0.4, -0.2) is 107 Å². The number of carbonyl (C=O) groups is 4. The van der Waals surface area contributed by atoms with E-state index >= 15 is 0 Å². The van der Waals surface area contributed by atoms with E-state index in [9.17, 15) is 29.4 Å². The van der Waals surface area contributed by atoms with Crippen molar-refractivity contribution in [2.75, 3.05) is 6.61 Å². The fraction of sp³-hybridized carbons (Fsp3) is 0.689. The average Bonchev–Trinajstić information content (AvgIpc) is 3.12. The number of aliphatic hydroxyl groups excluding tert-OH is 1. The van der Waals surface area contributed by atoms with Crippen LogP contribution in [-0.2, 0) is 42.7 Å². The lowest BCUT2D eigenvalue weighted by atomic mass is 9.43. The number of amides is 1. The highest BCUT2D eigenvalue weighted by Crippen LogP contribution is 2.68. The molecule has 1 amide bonds. The number of ether oxygens (including phenoxy) is 7.